The highest BCUT2D eigenvalue weighted by atomic mass is 16.1. The number of nitrogens with one attached hydrogen (secondary N) is 1. The summed E-state index contributed by atoms with van der Waals surface area (Å²) >= 11 is 0. The van der Waals surface area contributed by atoms with Gasteiger partial charge in [0.2, 0.25) is 5.91 Å². The summed E-state index contributed by atoms with van der Waals surface area (Å²) in [4.78, 5) is 11.5. The van der Waals surface area contributed by atoms with Crippen LogP contribution in [-0.4, -0.2) is 11.4 Å². The van der Waals surface area contributed by atoms with Crippen LogP contribution in [0, 0.1) is 6.92 Å². The highest BCUT2D eigenvalue weighted by molar-refractivity contribution is 5.79. The lowest BCUT2D eigenvalue weighted by atomic mass is 10.1. The van der Waals surface area contributed by atoms with E-state index in [0.29, 0.717) is 6.42 Å². The van der Waals surface area contributed by atoms with Crippen LogP contribution in [-0.2, 0) is 4.79 Å². The van der Waals surface area contributed by atoms with E-state index in [1.807, 2.05) is 45.1 Å². The van der Waals surface area contributed by atoms with Gasteiger partial charge in [0.25, 0.3) is 0 Å². The average Bonchev–Trinajstić information content (AvgIpc) is 2.18. The number of carbonyl (C=O) groups is 1. The van der Waals surface area contributed by atoms with Gasteiger partial charge in [-0.1, -0.05) is 42.0 Å². The van der Waals surface area contributed by atoms with E-state index in [1.54, 1.807) is 0 Å². The van der Waals surface area contributed by atoms with Crippen molar-refractivity contribution < 1.29 is 4.79 Å². The Morgan fingerprint density at radius 3 is 2.35 bits per heavy atom. The van der Waals surface area contributed by atoms with Crippen molar-refractivity contribution in [3.63, 3.8) is 0 Å². The van der Waals surface area contributed by atoms with Crippen LogP contribution in [0.1, 0.15) is 38.3 Å². The Morgan fingerprint density at radius 1 is 1.24 bits per heavy atom. The van der Waals surface area contributed by atoms with Crippen molar-refractivity contribution >= 4 is 12.0 Å². The first kappa shape index (κ1) is 13.5. The van der Waals surface area contributed by atoms with Gasteiger partial charge < -0.3 is 5.32 Å². The summed E-state index contributed by atoms with van der Waals surface area (Å²) in [5.41, 5.74) is 2.21. The molecule has 1 rings (SSSR count). The number of benzene rings is 1. The smallest absolute Gasteiger partial charge is 0.224 e. The molecule has 0 unspecified atom stereocenters. The zero-order chi connectivity index (χ0) is 12.9. The number of rotatable bonds is 3. The molecule has 0 radical (unpaired) electrons. The predicted molar refractivity (Wildman–Crippen MR) is 72.7 cm³/mol. The summed E-state index contributed by atoms with van der Waals surface area (Å²) in [7, 11) is 0. The second-order valence-corrected chi connectivity index (χ2v) is 5.32. The maximum atomic E-state index is 11.5. The van der Waals surface area contributed by atoms with E-state index in [9.17, 15) is 4.79 Å². The third-order valence-electron chi connectivity index (χ3n) is 2.21. The van der Waals surface area contributed by atoms with E-state index >= 15 is 0 Å². The molecule has 0 heterocycles. The zero-order valence-electron chi connectivity index (χ0n) is 11.1. The van der Waals surface area contributed by atoms with Crippen LogP contribution in [0.3, 0.4) is 0 Å². The largest absolute Gasteiger partial charge is 0.351 e. The van der Waals surface area contributed by atoms with Crippen LogP contribution >= 0.6 is 0 Å². The number of amides is 1. The van der Waals surface area contributed by atoms with Gasteiger partial charge >= 0.3 is 0 Å². The molecule has 0 saturated heterocycles. The minimum absolute atomic E-state index is 0.0564. The van der Waals surface area contributed by atoms with Crippen molar-refractivity contribution in [1.29, 1.82) is 0 Å². The molecule has 1 aromatic carbocycles. The Hall–Kier alpha value is -1.57. The number of carbonyl (C=O) groups excluding carboxylic acids is 1. The molecular weight excluding hydrogens is 210 g/mol. The Bertz CT molecular complexity index is 396. The normalized spacial score (nSPS) is 11.8. The molecule has 1 N–H and O–H groups in total. The molecule has 0 aliphatic carbocycles. The lowest BCUT2D eigenvalue weighted by Gasteiger charge is -2.19. The van der Waals surface area contributed by atoms with Gasteiger partial charge in [-0.2, -0.15) is 0 Å². The van der Waals surface area contributed by atoms with E-state index in [4.69, 9.17) is 0 Å². The second-order valence-electron chi connectivity index (χ2n) is 5.32. The van der Waals surface area contributed by atoms with Crippen molar-refractivity contribution in [2.75, 3.05) is 0 Å². The molecule has 0 aromatic heterocycles. The molecule has 17 heavy (non-hydrogen) atoms. The Morgan fingerprint density at radius 2 is 1.82 bits per heavy atom. The fourth-order valence-electron chi connectivity index (χ4n) is 1.45. The molecule has 0 aliphatic heterocycles. The van der Waals surface area contributed by atoms with Crippen molar-refractivity contribution in [3.05, 3.63) is 41.5 Å². The molecule has 0 atom stereocenters. The molecular formula is C15H21NO. The van der Waals surface area contributed by atoms with Gasteiger partial charge in [-0.15, -0.1) is 0 Å². The van der Waals surface area contributed by atoms with E-state index in [1.165, 1.54) is 5.56 Å². The van der Waals surface area contributed by atoms with E-state index in [0.717, 1.165) is 5.56 Å². The Kier molecular flexibility index (Phi) is 4.50. The number of hydrogen-bond donors (Lipinski definition) is 1. The first-order valence-corrected chi connectivity index (χ1v) is 5.91. The Balaban J connectivity index is 2.45. The van der Waals surface area contributed by atoms with Crippen molar-refractivity contribution in [2.24, 2.45) is 0 Å². The summed E-state index contributed by atoms with van der Waals surface area (Å²) < 4.78 is 0. The monoisotopic (exact) mass is 231 g/mol. The van der Waals surface area contributed by atoms with Gasteiger partial charge in [-0.05, 0) is 33.3 Å². The van der Waals surface area contributed by atoms with Crippen LogP contribution < -0.4 is 5.32 Å². The molecule has 2 nitrogen and oxygen atoms in total. The number of hydrogen-bond acceptors (Lipinski definition) is 1. The van der Waals surface area contributed by atoms with Crippen LogP contribution in [0.25, 0.3) is 6.08 Å². The van der Waals surface area contributed by atoms with Crippen molar-refractivity contribution in [1.82, 2.24) is 5.32 Å². The topological polar surface area (TPSA) is 29.1 Å². The molecule has 0 spiro atoms. The molecule has 0 bridgehead atoms. The summed E-state index contributed by atoms with van der Waals surface area (Å²) in [6, 6.07) is 8.23. The SMILES string of the molecule is Cc1ccc(/C=C/CC(=O)NC(C)(C)C)cc1. The van der Waals surface area contributed by atoms with E-state index in [-0.39, 0.29) is 11.4 Å². The zero-order valence-corrected chi connectivity index (χ0v) is 11.1. The highest BCUT2D eigenvalue weighted by Gasteiger charge is 2.11. The molecule has 0 saturated carbocycles. The molecule has 0 fully saturated rings. The van der Waals surface area contributed by atoms with Gasteiger partial charge in [-0.25, -0.2) is 0 Å². The molecule has 2 heteroatoms. The molecule has 0 aliphatic rings. The third-order valence-corrected chi connectivity index (χ3v) is 2.21. The molecule has 92 valence electrons. The minimum atomic E-state index is -0.158. The van der Waals surface area contributed by atoms with Gasteiger partial charge in [0.15, 0.2) is 0 Å². The summed E-state index contributed by atoms with van der Waals surface area (Å²) in [6.45, 7) is 8.00. The fourth-order valence-corrected chi connectivity index (χ4v) is 1.45. The minimum Gasteiger partial charge on any atom is -0.351 e. The standard InChI is InChI=1S/C15H21NO/c1-12-8-10-13(11-9-12)6-5-7-14(17)16-15(2,3)4/h5-6,8-11H,7H2,1-4H3,(H,16,17)/b6-5+. The maximum Gasteiger partial charge on any atom is 0.224 e. The van der Waals surface area contributed by atoms with Crippen LogP contribution in [0.2, 0.25) is 0 Å². The van der Waals surface area contributed by atoms with Crippen molar-refractivity contribution in [2.45, 2.75) is 39.7 Å². The lowest BCUT2D eigenvalue weighted by Crippen LogP contribution is -2.40. The van der Waals surface area contributed by atoms with E-state index in [2.05, 4.69) is 24.4 Å². The fraction of sp³-hybridized carbons (Fsp3) is 0.400. The first-order chi connectivity index (χ1) is 7.87. The van der Waals surface area contributed by atoms with Crippen LogP contribution in [0.4, 0.5) is 0 Å². The maximum absolute atomic E-state index is 11.5. The van der Waals surface area contributed by atoms with Gasteiger partial charge in [-0.3, -0.25) is 4.79 Å². The second kappa shape index (κ2) is 5.67. The average molecular weight is 231 g/mol. The van der Waals surface area contributed by atoms with Gasteiger partial charge in [0.05, 0.1) is 0 Å². The highest BCUT2D eigenvalue weighted by Crippen LogP contribution is 2.06. The van der Waals surface area contributed by atoms with Gasteiger partial charge in [0.1, 0.15) is 0 Å². The van der Waals surface area contributed by atoms with Crippen molar-refractivity contribution in [3.8, 4) is 0 Å². The summed E-state index contributed by atoms with van der Waals surface area (Å²) in [5.74, 6) is 0.0564. The van der Waals surface area contributed by atoms with Gasteiger partial charge in [0, 0.05) is 12.0 Å². The van der Waals surface area contributed by atoms with Crippen LogP contribution in [0.15, 0.2) is 30.3 Å². The number of aryl methyl sites for hydroxylation is 1. The molecule has 1 amide bonds. The lowest BCUT2D eigenvalue weighted by molar-refractivity contribution is -0.121. The summed E-state index contributed by atoms with van der Waals surface area (Å²) in [5, 5.41) is 2.92. The van der Waals surface area contributed by atoms with Crippen LogP contribution in [0.5, 0.6) is 0 Å². The first-order valence-electron chi connectivity index (χ1n) is 5.91. The quantitative estimate of drug-likeness (QED) is 0.849. The molecule has 1 aromatic rings. The van der Waals surface area contributed by atoms with E-state index < -0.39 is 0 Å². The third kappa shape index (κ3) is 5.91. The summed E-state index contributed by atoms with van der Waals surface area (Å²) in [6.07, 6.45) is 4.29. The Labute approximate surface area is 104 Å². The predicted octanol–water partition coefficient (Wildman–Crippen LogP) is 3.31.